The van der Waals surface area contributed by atoms with Crippen LogP contribution in [0, 0.1) is 13.8 Å². The molecule has 0 heterocycles. The highest BCUT2D eigenvalue weighted by Crippen LogP contribution is 2.16. The Morgan fingerprint density at radius 2 is 1.80 bits per heavy atom. The van der Waals surface area contributed by atoms with Gasteiger partial charge in [-0.2, -0.15) is 0 Å². The minimum Gasteiger partial charge on any atom is -0.497 e. The van der Waals surface area contributed by atoms with Gasteiger partial charge in [-0.05, 0) is 49.2 Å². The topological polar surface area (TPSA) is 64.6 Å². The molecule has 0 bridgehead atoms. The summed E-state index contributed by atoms with van der Waals surface area (Å²) in [7, 11) is 1.59. The second-order valence-corrected chi connectivity index (χ2v) is 5.58. The molecule has 130 valence electrons. The molecule has 2 aromatic rings. The van der Waals surface area contributed by atoms with Gasteiger partial charge in [-0.25, -0.2) is 4.79 Å². The summed E-state index contributed by atoms with van der Waals surface area (Å²) in [5, 5.41) is 2.73. The Hall–Kier alpha value is -3.08. The summed E-state index contributed by atoms with van der Waals surface area (Å²) in [5.74, 6) is -0.215. The van der Waals surface area contributed by atoms with E-state index >= 15 is 0 Å². The van der Waals surface area contributed by atoms with Gasteiger partial charge in [0.05, 0.1) is 7.11 Å². The number of esters is 1. The zero-order valence-electron chi connectivity index (χ0n) is 14.5. The average molecular weight is 339 g/mol. The third-order valence-corrected chi connectivity index (χ3v) is 3.53. The number of carbonyl (C=O) groups is 2. The molecular formula is C20H21NO4. The fraction of sp³-hybridized carbons (Fsp3) is 0.200. The quantitative estimate of drug-likeness (QED) is 0.646. The lowest BCUT2D eigenvalue weighted by Crippen LogP contribution is -2.20. The molecule has 0 unspecified atom stereocenters. The standard InChI is InChI=1S/C20H21NO4/c1-14-4-10-18(15(2)12-14)21-19(22)13-25-20(23)11-7-16-5-8-17(24-3)9-6-16/h4-12H,13H2,1-3H3,(H,21,22). The van der Waals surface area contributed by atoms with Crippen molar-refractivity contribution >= 4 is 23.6 Å². The van der Waals surface area contributed by atoms with E-state index in [0.717, 1.165) is 22.4 Å². The highest BCUT2D eigenvalue weighted by molar-refractivity contribution is 5.95. The first-order valence-corrected chi connectivity index (χ1v) is 7.84. The maximum absolute atomic E-state index is 11.9. The Morgan fingerprint density at radius 1 is 1.08 bits per heavy atom. The fourth-order valence-corrected chi connectivity index (χ4v) is 2.20. The van der Waals surface area contributed by atoms with E-state index in [1.165, 1.54) is 6.08 Å². The molecule has 0 saturated heterocycles. The van der Waals surface area contributed by atoms with E-state index in [9.17, 15) is 9.59 Å². The minimum atomic E-state index is -0.577. The zero-order chi connectivity index (χ0) is 18.2. The molecule has 0 atom stereocenters. The Bertz CT molecular complexity index is 779. The van der Waals surface area contributed by atoms with E-state index in [4.69, 9.17) is 9.47 Å². The van der Waals surface area contributed by atoms with Gasteiger partial charge in [0.15, 0.2) is 6.61 Å². The van der Waals surface area contributed by atoms with Crippen LogP contribution in [0.2, 0.25) is 0 Å². The molecule has 2 rings (SSSR count). The van der Waals surface area contributed by atoms with Crippen molar-refractivity contribution in [1.29, 1.82) is 0 Å². The maximum Gasteiger partial charge on any atom is 0.331 e. The van der Waals surface area contributed by atoms with Crippen LogP contribution in [0.3, 0.4) is 0 Å². The number of aryl methyl sites for hydroxylation is 2. The number of amides is 1. The lowest BCUT2D eigenvalue weighted by Gasteiger charge is -2.09. The second kappa shape index (κ2) is 8.68. The number of ether oxygens (including phenoxy) is 2. The van der Waals surface area contributed by atoms with Crippen molar-refractivity contribution in [2.75, 3.05) is 19.0 Å². The molecule has 0 aromatic heterocycles. The highest BCUT2D eigenvalue weighted by atomic mass is 16.5. The molecule has 1 N–H and O–H groups in total. The molecule has 0 aliphatic carbocycles. The number of hydrogen-bond acceptors (Lipinski definition) is 4. The van der Waals surface area contributed by atoms with Crippen molar-refractivity contribution in [2.24, 2.45) is 0 Å². The van der Waals surface area contributed by atoms with E-state index in [1.807, 2.05) is 44.2 Å². The predicted molar refractivity (Wildman–Crippen MR) is 97.5 cm³/mol. The van der Waals surface area contributed by atoms with Gasteiger partial charge in [-0.3, -0.25) is 4.79 Å². The van der Waals surface area contributed by atoms with Gasteiger partial charge in [0.2, 0.25) is 0 Å². The van der Waals surface area contributed by atoms with Gasteiger partial charge in [0.1, 0.15) is 5.75 Å². The van der Waals surface area contributed by atoms with Crippen LogP contribution < -0.4 is 10.1 Å². The van der Waals surface area contributed by atoms with Gasteiger partial charge in [-0.15, -0.1) is 0 Å². The van der Waals surface area contributed by atoms with E-state index in [0.29, 0.717) is 5.69 Å². The molecule has 5 heteroatoms. The van der Waals surface area contributed by atoms with Gasteiger partial charge < -0.3 is 14.8 Å². The van der Waals surface area contributed by atoms with Crippen LogP contribution in [0.25, 0.3) is 6.08 Å². The van der Waals surface area contributed by atoms with Gasteiger partial charge in [-0.1, -0.05) is 29.8 Å². The first-order valence-electron chi connectivity index (χ1n) is 7.84. The number of methoxy groups -OCH3 is 1. The van der Waals surface area contributed by atoms with Crippen molar-refractivity contribution in [3.63, 3.8) is 0 Å². The minimum absolute atomic E-state index is 0.334. The molecule has 0 spiro atoms. The molecule has 1 amide bonds. The zero-order valence-corrected chi connectivity index (χ0v) is 14.5. The largest absolute Gasteiger partial charge is 0.497 e. The summed E-state index contributed by atoms with van der Waals surface area (Å²) >= 11 is 0. The average Bonchev–Trinajstić information content (AvgIpc) is 2.61. The molecule has 0 aliphatic heterocycles. The Balaban J connectivity index is 1.82. The van der Waals surface area contributed by atoms with Crippen molar-refractivity contribution < 1.29 is 19.1 Å². The lowest BCUT2D eigenvalue weighted by molar-refractivity contribution is -0.142. The van der Waals surface area contributed by atoms with Gasteiger partial charge >= 0.3 is 5.97 Å². The summed E-state index contributed by atoms with van der Waals surface area (Å²) in [4.78, 5) is 23.6. The summed E-state index contributed by atoms with van der Waals surface area (Å²) in [6.45, 7) is 3.56. The molecular weight excluding hydrogens is 318 g/mol. The van der Waals surface area contributed by atoms with Crippen molar-refractivity contribution in [3.05, 3.63) is 65.2 Å². The monoisotopic (exact) mass is 339 g/mol. The number of rotatable bonds is 6. The van der Waals surface area contributed by atoms with Crippen LogP contribution in [-0.2, 0) is 14.3 Å². The van der Waals surface area contributed by atoms with Gasteiger partial charge in [0.25, 0.3) is 5.91 Å². The third kappa shape index (κ3) is 5.80. The van der Waals surface area contributed by atoms with E-state index in [2.05, 4.69) is 5.32 Å². The number of hydrogen-bond donors (Lipinski definition) is 1. The number of anilines is 1. The van der Waals surface area contributed by atoms with E-state index in [1.54, 1.807) is 25.3 Å². The Labute approximate surface area is 147 Å². The molecule has 2 aromatic carbocycles. The van der Waals surface area contributed by atoms with Crippen LogP contribution in [0.1, 0.15) is 16.7 Å². The smallest absolute Gasteiger partial charge is 0.331 e. The summed E-state index contributed by atoms with van der Waals surface area (Å²) < 4.78 is 10.0. The first kappa shape index (κ1) is 18.3. The summed E-state index contributed by atoms with van der Waals surface area (Å²) in [5.41, 5.74) is 3.61. The van der Waals surface area contributed by atoms with Crippen LogP contribution in [-0.4, -0.2) is 25.6 Å². The fourth-order valence-electron chi connectivity index (χ4n) is 2.20. The van der Waals surface area contributed by atoms with Crippen LogP contribution in [0.15, 0.2) is 48.5 Å². The molecule has 0 radical (unpaired) electrons. The number of nitrogens with one attached hydrogen (secondary N) is 1. The maximum atomic E-state index is 11.9. The molecule has 0 saturated carbocycles. The second-order valence-electron chi connectivity index (χ2n) is 5.58. The van der Waals surface area contributed by atoms with E-state index in [-0.39, 0.29) is 12.5 Å². The lowest BCUT2D eigenvalue weighted by atomic mass is 10.1. The van der Waals surface area contributed by atoms with Crippen molar-refractivity contribution in [1.82, 2.24) is 0 Å². The van der Waals surface area contributed by atoms with Crippen LogP contribution >= 0.6 is 0 Å². The van der Waals surface area contributed by atoms with Gasteiger partial charge in [0, 0.05) is 11.8 Å². The Morgan fingerprint density at radius 3 is 2.44 bits per heavy atom. The highest BCUT2D eigenvalue weighted by Gasteiger charge is 2.07. The normalized spacial score (nSPS) is 10.5. The molecule has 25 heavy (non-hydrogen) atoms. The van der Waals surface area contributed by atoms with E-state index < -0.39 is 5.97 Å². The molecule has 0 aliphatic rings. The Kier molecular flexibility index (Phi) is 6.34. The third-order valence-electron chi connectivity index (χ3n) is 3.53. The van der Waals surface area contributed by atoms with Crippen molar-refractivity contribution in [2.45, 2.75) is 13.8 Å². The SMILES string of the molecule is COc1ccc(C=CC(=O)OCC(=O)Nc2ccc(C)cc2C)cc1. The van der Waals surface area contributed by atoms with Crippen LogP contribution in [0.4, 0.5) is 5.69 Å². The number of carbonyl (C=O) groups excluding carboxylic acids is 2. The molecule has 0 fully saturated rings. The van der Waals surface area contributed by atoms with Crippen molar-refractivity contribution in [3.8, 4) is 5.75 Å². The first-order chi connectivity index (χ1) is 12.0. The number of benzene rings is 2. The summed E-state index contributed by atoms with van der Waals surface area (Å²) in [6, 6.07) is 12.9. The predicted octanol–water partition coefficient (Wildman–Crippen LogP) is 3.51. The molecule has 5 nitrogen and oxygen atoms in total. The summed E-state index contributed by atoms with van der Waals surface area (Å²) in [6.07, 6.45) is 2.90. The van der Waals surface area contributed by atoms with Crippen LogP contribution in [0.5, 0.6) is 5.75 Å².